The van der Waals surface area contributed by atoms with Gasteiger partial charge in [-0.1, -0.05) is 11.3 Å². The van der Waals surface area contributed by atoms with E-state index in [4.69, 9.17) is 9.47 Å². The van der Waals surface area contributed by atoms with E-state index in [1.54, 1.807) is 7.11 Å². The maximum Gasteiger partial charge on any atom is 0.337 e. The predicted molar refractivity (Wildman–Crippen MR) is 116 cm³/mol. The molecule has 10 heteroatoms. The van der Waals surface area contributed by atoms with E-state index in [-0.39, 0.29) is 11.0 Å². The molecule has 4 rings (SSSR count). The van der Waals surface area contributed by atoms with Gasteiger partial charge >= 0.3 is 5.97 Å². The van der Waals surface area contributed by atoms with Crippen LogP contribution in [0, 0.1) is 0 Å². The summed E-state index contributed by atoms with van der Waals surface area (Å²) in [6, 6.07) is 11.4. The van der Waals surface area contributed by atoms with Crippen molar-refractivity contribution < 1.29 is 27.4 Å². The third-order valence-electron chi connectivity index (χ3n) is 5.16. The fraction of sp³-hybridized carbons (Fsp3) is 0.333. The molecule has 1 aliphatic rings. The molecular weight excluding hydrogens is 440 g/mol. The van der Waals surface area contributed by atoms with Gasteiger partial charge in [0.05, 0.1) is 34.9 Å². The van der Waals surface area contributed by atoms with Gasteiger partial charge in [0.1, 0.15) is 11.9 Å². The Kier molecular flexibility index (Phi) is 6.12. The summed E-state index contributed by atoms with van der Waals surface area (Å²) in [6.07, 6.45) is 1.04. The number of esters is 1. The second-order valence-electron chi connectivity index (χ2n) is 7.05. The van der Waals surface area contributed by atoms with Crippen molar-refractivity contribution in [2.24, 2.45) is 0 Å². The van der Waals surface area contributed by atoms with E-state index in [1.165, 1.54) is 47.0 Å². The molecule has 1 aliphatic heterocycles. The maximum atomic E-state index is 12.9. The van der Waals surface area contributed by atoms with Crippen LogP contribution in [-0.2, 0) is 14.8 Å². The number of piperidine rings is 1. The summed E-state index contributed by atoms with van der Waals surface area (Å²) in [5, 5.41) is 0.572. The minimum absolute atomic E-state index is 0.101. The number of nitrogens with zero attached hydrogens (tertiary/aromatic N) is 2. The van der Waals surface area contributed by atoms with Gasteiger partial charge in [0.25, 0.3) is 5.19 Å². The fourth-order valence-corrected chi connectivity index (χ4v) is 5.80. The first-order chi connectivity index (χ1) is 14.9. The van der Waals surface area contributed by atoms with Gasteiger partial charge in [-0.3, -0.25) is 0 Å². The Morgan fingerprint density at radius 2 is 1.81 bits per heavy atom. The first-order valence-electron chi connectivity index (χ1n) is 9.70. The molecule has 0 aliphatic carbocycles. The number of carbonyl (C=O) groups is 1. The van der Waals surface area contributed by atoms with Crippen molar-refractivity contribution in [3.05, 3.63) is 48.0 Å². The maximum absolute atomic E-state index is 12.9. The van der Waals surface area contributed by atoms with E-state index in [0.29, 0.717) is 36.7 Å². The standard InChI is InChI=1S/C21H22N2O6S2/c1-27-16-5-8-18-19(13-16)30-21(22-18)29-15-9-11-23(12-10-15)31(25,26)17-6-3-14(4-7-17)20(24)28-2/h3-8,13,15H,9-12H2,1-2H3. The highest BCUT2D eigenvalue weighted by Gasteiger charge is 2.30. The number of thiazole rings is 1. The van der Waals surface area contributed by atoms with Crippen LogP contribution in [0.1, 0.15) is 23.2 Å². The minimum atomic E-state index is -3.64. The highest BCUT2D eigenvalue weighted by Crippen LogP contribution is 2.32. The smallest absolute Gasteiger partial charge is 0.337 e. The zero-order valence-electron chi connectivity index (χ0n) is 17.1. The second-order valence-corrected chi connectivity index (χ2v) is 9.98. The Morgan fingerprint density at radius 3 is 2.45 bits per heavy atom. The van der Waals surface area contributed by atoms with Crippen molar-refractivity contribution in [2.45, 2.75) is 23.8 Å². The number of rotatable bonds is 6. The predicted octanol–water partition coefficient (Wildman–Crippen LogP) is 3.32. The van der Waals surface area contributed by atoms with E-state index < -0.39 is 16.0 Å². The Hall–Kier alpha value is -2.69. The molecule has 31 heavy (non-hydrogen) atoms. The highest BCUT2D eigenvalue weighted by molar-refractivity contribution is 7.89. The number of fused-ring (bicyclic) bond motifs is 1. The number of hydrogen-bond donors (Lipinski definition) is 0. The zero-order valence-corrected chi connectivity index (χ0v) is 18.7. The van der Waals surface area contributed by atoms with Crippen LogP contribution in [0.25, 0.3) is 10.2 Å². The van der Waals surface area contributed by atoms with Gasteiger partial charge in [0.2, 0.25) is 10.0 Å². The van der Waals surface area contributed by atoms with Crippen LogP contribution >= 0.6 is 11.3 Å². The van der Waals surface area contributed by atoms with Crippen LogP contribution in [0.5, 0.6) is 10.9 Å². The van der Waals surface area contributed by atoms with Crippen LogP contribution in [-0.4, -0.2) is 57.1 Å². The zero-order chi connectivity index (χ0) is 22.0. The molecule has 2 aromatic carbocycles. The van der Waals surface area contributed by atoms with Crippen LogP contribution in [0.2, 0.25) is 0 Å². The number of aromatic nitrogens is 1. The molecule has 0 saturated carbocycles. The Morgan fingerprint density at radius 1 is 1.10 bits per heavy atom. The summed E-state index contributed by atoms with van der Waals surface area (Å²) in [4.78, 5) is 16.2. The van der Waals surface area contributed by atoms with Crippen LogP contribution < -0.4 is 9.47 Å². The quantitative estimate of drug-likeness (QED) is 0.519. The molecule has 164 valence electrons. The first kappa shape index (κ1) is 21.5. The lowest BCUT2D eigenvalue weighted by atomic mass is 10.1. The van der Waals surface area contributed by atoms with E-state index in [2.05, 4.69) is 9.72 Å². The number of carbonyl (C=O) groups excluding carboxylic acids is 1. The summed E-state index contributed by atoms with van der Waals surface area (Å²) in [5.74, 6) is 0.260. The molecule has 0 radical (unpaired) electrons. The first-order valence-corrected chi connectivity index (χ1v) is 12.0. The molecule has 0 amide bonds. The normalized spacial score (nSPS) is 15.7. The Labute approximate surface area is 184 Å². The number of sulfonamides is 1. The molecule has 0 bridgehead atoms. The molecule has 0 spiro atoms. The third kappa shape index (κ3) is 4.51. The van der Waals surface area contributed by atoms with Crippen molar-refractivity contribution >= 4 is 37.5 Å². The minimum Gasteiger partial charge on any atom is -0.497 e. The van der Waals surface area contributed by atoms with Gasteiger partial charge < -0.3 is 14.2 Å². The summed E-state index contributed by atoms with van der Waals surface area (Å²) in [6.45, 7) is 0.703. The molecule has 1 saturated heterocycles. The van der Waals surface area contributed by atoms with Crippen LogP contribution in [0.4, 0.5) is 0 Å². The lowest BCUT2D eigenvalue weighted by Gasteiger charge is -2.30. The van der Waals surface area contributed by atoms with Gasteiger partial charge in [0.15, 0.2) is 0 Å². The number of hydrogen-bond acceptors (Lipinski definition) is 8. The van der Waals surface area contributed by atoms with Crippen molar-refractivity contribution in [3.63, 3.8) is 0 Å². The number of ether oxygens (including phenoxy) is 3. The molecule has 0 N–H and O–H groups in total. The van der Waals surface area contributed by atoms with Crippen LogP contribution in [0.3, 0.4) is 0 Å². The fourth-order valence-electron chi connectivity index (χ4n) is 3.42. The molecular formula is C21H22N2O6S2. The van der Waals surface area contributed by atoms with E-state index in [0.717, 1.165) is 16.0 Å². The van der Waals surface area contributed by atoms with E-state index >= 15 is 0 Å². The molecule has 1 fully saturated rings. The topological polar surface area (TPSA) is 95.0 Å². The average Bonchev–Trinajstić information content (AvgIpc) is 3.20. The molecule has 3 aromatic rings. The Bertz CT molecular complexity index is 1180. The summed E-state index contributed by atoms with van der Waals surface area (Å²) in [5.41, 5.74) is 1.15. The largest absolute Gasteiger partial charge is 0.497 e. The molecule has 1 aromatic heterocycles. The van der Waals surface area contributed by atoms with Crippen molar-refractivity contribution in [1.29, 1.82) is 0 Å². The summed E-state index contributed by atoms with van der Waals surface area (Å²) >= 11 is 1.45. The van der Waals surface area contributed by atoms with Gasteiger partial charge in [-0.15, -0.1) is 0 Å². The summed E-state index contributed by atoms with van der Waals surface area (Å²) in [7, 11) is -0.735. The SMILES string of the molecule is COC(=O)c1ccc(S(=O)(=O)N2CCC(Oc3nc4ccc(OC)cc4s3)CC2)cc1. The van der Waals surface area contributed by atoms with Gasteiger partial charge in [-0.05, 0) is 55.3 Å². The van der Waals surface area contributed by atoms with Crippen LogP contribution in [0.15, 0.2) is 47.4 Å². The monoisotopic (exact) mass is 462 g/mol. The molecule has 2 heterocycles. The molecule has 0 unspecified atom stereocenters. The van der Waals surface area contributed by atoms with Crippen molar-refractivity contribution in [1.82, 2.24) is 9.29 Å². The van der Waals surface area contributed by atoms with Gasteiger partial charge in [-0.25, -0.2) is 18.2 Å². The van der Waals surface area contributed by atoms with Crippen molar-refractivity contribution in [3.8, 4) is 10.9 Å². The van der Waals surface area contributed by atoms with E-state index in [9.17, 15) is 13.2 Å². The van der Waals surface area contributed by atoms with E-state index in [1.807, 2.05) is 18.2 Å². The lowest BCUT2D eigenvalue weighted by Crippen LogP contribution is -2.41. The second kappa shape index (κ2) is 8.81. The highest BCUT2D eigenvalue weighted by atomic mass is 32.2. The van der Waals surface area contributed by atoms with Gasteiger partial charge in [0, 0.05) is 13.1 Å². The average molecular weight is 463 g/mol. The number of methoxy groups -OCH3 is 2. The molecule has 0 atom stereocenters. The Balaban J connectivity index is 1.39. The van der Waals surface area contributed by atoms with Gasteiger partial charge in [-0.2, -0.15) is 4.31 Å². The molecule has 8 nitrogen and oxygen atoms in total. The van der Waals surface area contributed by atoms with Crippen molar-refractivity contribution in [2.75, 3.05) is 27.3 Å². The third-order valence-corrected chi connectivity index (χ3v) is 7.98. The number of benzene rings is 2. The lowest BCUT2D eigenvalue weighted by molar-refractivity contribution is 0.0600. The summed E-state index contributed by atoms with van der Waals surface area (Å²) < 4.78 is 44.2.